The number of rotatable bonds is 2. The molecule has 1 heterocycles. The first-order chi connectivity index (χ1) is 7.09. The number of aromatic nitrogens is 1. The third-order valence-corrected chi connectivity index (χ3v) is 2.48. The van der Waals surface area contributed by atoms with E-state index in [0.29, 0.717) is 6.04 Å². The minimum absolute atomic E-state index is 0.114. The molecule has 1 aromatic carbocycles. The Morgan fingerprint density at radius 3 is 2.67 bits per heavy atom. The Labute approximate surface area is 87.9 Å². The van der Waals surface area contributed by atoms with E-state index in [9.17, 15) is 5.21 Å². The summed E-state index contributed by atoms with van der Waals surface area (Å²) in [7, 11) is 0. The van der Waals surface area contributed by atoms with Gasteiger partial charge in [-0.2, -0.15) is 0 Å². The van der Waals surface area contributed by atoms with E-state index >= 15 is 0 Å². The van der Waals surface area contributed by atoms with Gasteiger partial charge < -0.3 is 15.0 Å². The van der Waals surface area contributed by atoms with Crippen molar-refractivity contribution < 1.29 is 5.21 Å². The Kier molecular flexibility index (Phi) is 2.38. The van der Waals surface area contributed by atoms with Crippen molar-refractivity contribution in [3.8, 4) is 0 Å². The summed E-state index contributed by atoms with van der Waals surface area (Å²) in [6.45, 7) is 4.14. The second kappa shape index (κ2) is 3.56. The highest BCUT2D eigenvalue weighted by molar-refractivity contribution is 5.83. The SMILES string of the molecule is CC(C)n1ccc2ccc(N([O-])O)cc21. The van der Waals surface area contributed by atoms with E-state index in [0.717, 1.165) is 10.9 Å². The molecule has 2 rings (SSSR count). The van der Waals surface area contributed by atoms with Crippen LogP contribution in [0.25, 0.3) is 10.9 Å². The minimum Gasteiger partial charge on any atom is -0.733 e. The van der Waals surface area contributed by atoms with E-state index < -0.39 is 0 Å². The van der Waals surface area contributed by atoms with Crippen molar-refractivity contribution in [2.75, 3.05) is 5.23 Å². The highest BCUT2D eigenvalue weighted by Crippen LogP contribution is 2.24. The molecule has 0 saturated carbocycles. The topological polar surface area (TPSA) is 51.5 Å². The summed E-state index contributed by atoms with van der Waals surface area (Å²) >= 11 is 0. The van der Waals surface area contributed by atoms with Crippen molar-refractivity contribution in [3.05, 3.63) is 35.7 Å². The zero-order valence-corrected chi connectivity index (χ0v) is 8.71. The van der Waals surface area contributed by atoms with Gasteiger partial charge in [0.05, 0.1) is 11.2 Å². The van der Waals surface area contributed by atoms with Crippen LogP contribution in [0.4, 0.5) is 5.69 Å². The maximum absolute atomic E-state index is 10.8. The summed E-state index contributed by atoms with van der Waals surface area (Å²) in [5, 5.41) is 20.5. The van der Waals surface area contributed by atoms with Crippen LogP contribution in [0.3, 0.4) is 0 Å². The summed E-state index contributed by atoms with van der Waals surface area (Å²) in [5.74, 6) is 0. The van der Waals surface area contributed by atoms with Gasteiger partial charge >= 0.3 is 0 Å². The molecule has 1 N–H and O–H groups in total. The maximum Gasteiger partial charge on any atom is 0.0529 e. The van der Waals surface area contributed by atoms with E-state index in [1.165, 1.54) is 0 Å². The lowest BCUT2D eigenvalue weighted by molar-refractivity contribution is 0.296. The summed E-state index contributed by atoms with van der Waals surface area (Å²) in [6.07, 6.45) is 1.98. The lowest BCUT2D eigenvalue weighted by Crippen LogP contribution is -2.07. The molecule has 1 aromatic heterocycles. The maximum atomic E-state index is 10.8. The molecule has 15 heavy (non-hydrogen) atoms. The van der Waals surface area contributed by atoms with Gasteiger partial charge in [-0.05, 0) is 37.4 Å². The highest BCUT2D eigenvalue weighted by atomic mass is 16.8. The third-order valence-electron chi connectivity index (χ3n) is 2.48. The van der Waals surface area contributed by atoms with E-state index in [4.69, 9.17) is 5.21 Å². The van der Waals surface area contributed by atoms with Gasteiger partial charge in [-0.1, -0.05) is 6.07 Å². The molecule has 4 heteroatoms. The smallest absolute Gasteiger partial charge is 0.0529 e. The molecule has 0 aliphatic carbocycles. The van der Waals surface area contributed by atoms with Gasteiger partial charge in [0, 0.05) is 12.2 Å². The first-order valence-corrected chi connectivity index (χ1v) is 4.86. The van der Waals surface area contributed by atoms with Crippen LogP contribution >= 0.6 is 0 Å². The molecule has 0 fully saturated rings. The number of nitrogens with zero attached hydrogens (tertiary/aromatic N) is 2. The van der Waals surface area contributed by atoms with Gasteiger partial charge in [0.2, 0.25) is 0 Å². The zero-order valence-electron chi connectivity index (χ0n) is 8.71. The lowest BCUT2D eigenvalue weighted by atomic mass is 10.2. The van der Waals surface area contributed by atoms with Crippen molar-refractivity contribution in [2.45, 2.75) is 19.9 Å². The number of hydrogen-bond acceptors (Lipinski definition) is 3. The molecule has 0 atom stereocenters. The predicted octanol–water partition coefficient (Wildman–Crippen LogP) is 2.92. The molecule has 0 saturated heterocycles. The van der Waals surface area contributed by atoms with E-state index in [2.05, 4.69) is 18.4 Å². The van der Waals surface area contributed by atoms with Gasteiger partial charge in [0.15, 0.2) is 0 Å². The van der Waals surface area contributed by atoms with Crippen LogP contribution in [0, 0.1) is 5.21 Å². The monoisotopic (exact) mass is 205 g/mol. The quantitative estimate of drug-likeness (QED) is 0.767. The Morgan fingerprint density at radius 1 is 1.33 bits per heavy atom. The minimum atomic E-state index is -0.114. The summed E-state index contributed by atoms with van der Waals surface area (Å²) < 4.78 is 2.06. The van der Waals surface area contributed by atoms with Crippen LogP contribution in [0.2, 0.25) is 0 Å². The molecule has 0 spiro atoms. The van der Waals surface area contributed by atoms with Crippen LogP contribution < -0.4 is 5.23 Å². The van der Waals surface area contributed by atoms with Crippen LogP contribution in [0.15, 0.2) is 30.5 Å². The van der Waals surface area contributed by atoms with Crippen LogP contribution in [-0.4, -0.2) is 9.77 Å². The van der Waals surface area contributed by atoms with Gasteiger partial charge in [-0.25, -0.2) is 0 Å². The average molecular weight is 205 g/mol. The van der Waals surface area contributed by atoms with Crippen molar-refractivity contribution in [3.63, 3.8) is 0 Å². The number of hydrogen-bond donors (Lipinski definition) is 1. The van der Waals surface area contributed by atoms with E-state index in [1.807, 2.05) is 18.3 Å². The fourth-order valence-corrected chi connectivity index (χ4v) is 1.71. The first-order valence-electron chi connectivity index (χ1n) is 4.86. The molecular weight excluding hydrogens is 192 g/mol. The molecule has 0 radical (unpaired) electrons. The highest BCUT2D eigenvalue weighted by Gasteiger charge is 2.04. The summed E-state index contributed by atoms with van der Waals surface area (Å²) in [5.41, 5.74) is 1.21. The predicted molar refractivity (Wildman–Crippen MR) is 60.0 cm³/mol. The van der Waals surface area contributed by atoms with Crippen LogP contribution in [-0.2, 0) is 0 Å². The molecule has 2 aromatic rings. The zero-order chi connectivity index (χ0) is 11.0. The lowest BCUT2D eigenvalue weighted by Gasteiger charge is -2.22. The number of fused-ring (bicyclic) bond motifs is 1. The second-order valence-corrected chi connectivity index (χ2v) is 3.83. The first kappa shape index (κ1) is 10.0. The van der Waals surface area contributed by atoms with E-state index in [1.54, 1.807) is 12.1 Å². The Balaban J connectivity index is 2.61. The van der Waals surface area contributed by atoms with Gasteiger partial charge in [-0.15, -0.1) is 0 Å². The Morgan fingerprint density at radius 2 is 2.07 bits per heavy atom. The van der Waals surface area contributed by atoms with Crippen molar-refractivity contribution in [2.24, 2.45) is 0 Å². The number of anilines is 1. The van der Waals surface area contributed by atoms with Gasteiger partial charge in [-0.3, -0.25) is 5.21 Å². The van der Waals surface area contributed by atoms with Crippen LogP contribution in [0.1, 0.15) is 19.9 Å². The fraction of sp³-hybridized carbons (Fsp3) is 0.273. The van der Waals surface area contributed by atoms with Crippen molar-refractivity contribution >= 4 is 16.6 Å². The molecule has 0 amide bonds. The summed E-state index contributed by atoms with van der Waals surface area (Å²) in [4.78, 5) is 0. The molecule has 4 nitrogen and oxygen atoms in total. The molecule has 80 valence electrons. The normalized spacial score (nSPS) is 11.3. The molecule has 0 aliphatic heterocycles. The van der Waals surface area contributed by atoms with E-state index in [-0.39, 0.29) is 10.9 Å². The van der Waals surface area contributed by atoms with Gasteiger partial charge in [0.25, 0.3) is 0 Å². The second-order valence-electron chi connectivity index (χ2n) is 3.83. The molecule has 0 aliphatic rings. The van der Waals surface area contributed by atoms with Crippen molar-refractivity contribution in [1.82, 2.24) is 4.57 Å². The molecular formula is C11H13N2O2-. The fourth-order valence-electron chi connectivity index (χ4n) is 1.71. The Bertz CT molecular complexity index is 474. The van der Waals surface area contributed by atoms with Crippen LogP contribution in [0.5, 0.6) is 0 Å². The summed E-state index contributed by atoms with van der Waals surface area (Å²) in [6, 6.07) is 7.43. The molecule has 0 unspecified atom stereocenters. The third kappa shape index (κ3) is 1.69. The number of benzene rings is 1. The largest absolute Gasteiger partial charge is 0.733 e. The molecule has 0 bridgehead atoms. The van der Waals surface area contributed by atoms with Crippen molar-refractivity contribution in [1.29, 1.82) is 0 Å². The van der Waals surface area contributed by atoms with Gasteiger partial charge in [0.1, 0.15) is 0 Å². The Hall–Kier alpha value is -1.52. The standard InChI is InChI=1S/C11H13N2O2/c1-8(2)12-6-5-9-3-4-10(13(14)15)7-11(9)12/h3-8,14H,1-2H3/q-1. The average Bonchev–Trinajstić information content (AvgIpc) is 2.59.